The number of nitrogens with zero attached hydrogens (tertiary/aromatic N) is 2. The maximum absolute atomic E-state index is 13.7. The Hall–Kier alpha value is -1.67. The zero-order valence-corrected chi connectivity index (χ0v) is 15.9. The molecule has 1 aromatic carbocycles. The topological polar surface area (TPSA) is 64.7 Å². The van der Waals surface area contributed by atoms with Gasteiger partial charge in [0.15, 0.2) is 0 Å². The quantitative estimate of drug-likeness (QED) is 0.742. The molecule has 1 fully saturated rings. The molecule has 0 radical (unpaired) electrons. The summed E-state index contributed by atoms with van der Waals surface area (Å²) in [5, 5.41) is 5.60. The molecule has 0 unspecified atom stereocenters. The molecular formula is C17H24BrFN4O2. The van der Waals surface area contributed by atoms with Crippen molar-refractivity contribution in [2.45, 2.75) is 13.3 Å². The molecule has 0 aliphatic carbocycles. The molecule has 0 aromatic heterocycles. The number of likely N-dealkylation sites (N-methyl/N-ethyl adjacent to an activating group) is 1. The van der Waals surface area contributed by atoms with Crippen molar-refractivity contribution in [2.75, 3.05) is 45.8 Å². The maximum Gasteiger partial charge on any atom is 0.317 e. The van der Waals surface area contributed by atoms with Crippen LogP contribution in [-0.4, -0.2) is 67.6 Å². The second kappa shape index (κ2) is 9.72. The van der Waals surface area contributed by atoms with Crippen LogP contribution in [0.4, 0.5) is 9.18 Å². The zero-order chi connectivity index (χ0) is 18.2. The summed E-state index contributed by atoms with van der Waals surface area (Å²) in [6.45, 7) is 5.76. The number of carbonyl (C=O) groups excluding carboxylic acids is 2. The predicted molar refractivity (Wildman–Crippen MR) is 97.9 cm³/mol. The van der Waals surface area contributed by atoms with E-state index in [1.54, 1.807) is 17.0 Å². The summed E-state index contributed by atoms with van der Waals surface area (Å²) in [7, 11) is 0. The molecule has 2 rings (SSSR count). The van der Waals surface area contributed by atoms with Gasteiger partial charge >= 0.3 is 6.03 Å². The van der Waals surface area contributed by atoms with Gasteiger partial charge < -0.3 is 15.5 Å². The van der Waals surface area contributed by atoms with Crippen molar-refractivity contribution in [1.82, 2.24) is 20.4 Å². The van der Waals surface area contributed by atoms with Crippen LogP contribution in [0.5, 0.6) is 0 Å². The van der Waals surface area contributed by atoms with E-state index in [0.717, 1.165) is 4.47 Å². The molecule has 25 heavy (non-hydrogen) atoms. The molecule has 0 spiro atoms. The van der Waals surface area contributed by atoms with Gasteiger partial charge in [0.25, 0.3) is 0 Å². The Balaban J connectivity index is 1.70. The standard InChI is InChI=1S/C17H24BrFN4O2/c1-2-20-16(24)12-22-7-9-23(10-8-22)17(25)21-6-5-13-11-14(18)3-4-15(13)19/h3-4,11H,2,5-10,12H2,1H3,(H,20,24)(H,21,25). The van der Waals surface area contributed by atoms with E-state index in [1.165, 1.54) is 6.07 Å². The van der Waals surface area contributed by atoms with Crippen LogP contribution in [-0.2, 0) is 11.2 Å². The van der Waals surface area contributed by atoms with Crippen molar-refractivity contribution in [3.8, 4) is 0 Å². The first-order valence-electron chi connectivity index (χ1n) is 8.45. The van der Waals surface area contributed by atoms with E-state index in [9.17, 15) is 14.0 Å². The van der Waals surface area contributed by atoms with Crippen LogP contribution in [0, 0.1) is 5.82 Å². The minimum absolute atomic E-state index is 0.0106. The third-order valence-corrected chi connectivity index (χ3v) is 4.57. The van der Waals surface area contributed by atoms with E-state index in [-0.39, 0.29) is 17.8 Å². The summed E-state index contributed by atoms with van der Waals surface area (Å²) in [5.74, 6) is -0.257. The summed E-state index contributed by atoms with van der Waals surface area (Å²) in [6, 6.07) is 4.64. The van der Waals surface area contributed by atoms with Crippen molar-refractivity contribution in [3.63, 3.8) is 0 Å². The number of urea groups is 1. The molecule has 0 atom stereocenters. The van der Waals surface area contributed by atoms with Crippen molar-refractivity contribution in [2.24, 2.45) is 0 Å². The van der Waals surface area contributed by atoms with Gasteiger partial charge in [0.2, 0.25) is 5.91 Å². The summed E-state index contributed by atoms with van der Waals surface area (Å²) >= 11 is 3.32. The average molecular weight is 415 g/mol. The first kappa shape index (κ1) is 19.7. The minimum Gasteiger partial charge on any atom is -0.355 e. The smallest absolute Gasteiger partial charge is 0.317 e. The normalized spacial score (nSPS) is 15.1. The van der Waals surface area contributed by atoms with E-state index < -0.39 is 0 Å². The third-order valence-electron chi connectivity index (χ3n) is 4.08. The number of hydrogen-bond donors (Lipinski definition) is 2. The van der Waals surface area contributed by atoms with Gasteiger partial charge in [-0.25, -0.2) is 9.18 Å². The summed E-state index contributed by atoms with van der Waals surface area (Å²) < 4.78 is 14.5. The van der Waals surface area contributed by atoms with Crippen LogP contribution < -0.4 is 10.6 Å². The van der Waals surface area contributed by atoms with Gasteiger partial charge in [-0.3, -0.25) is 9.69 Å². The maximum atomic E-state index is 13.7. The van der Waals surface area contributed by atoms with Gasteiger partial charge in [-0.15, -0.1) is 0 Å². The van der Waals surface area contributed by atoms with Gasteiger partial charge in [-0.1, -0.05) is 15.9 Å². The molecule has 0 saturated carbocycles. The highest BCUT2D eigenvalue weighted by atomic mass is 79.9. The van der Waals surface area contributed by atoms with Crippen LogP contribution in [0.2, 0.25) is 0 Å². The largest absolute Gasteiger partial charge is 0.355 e. The molecular weight excluding hydrogens is 391 g/mol. The van der Waals surface area contributed by atoms with E-state index in [0.29, 0.717) is 57.8 Å². The Labute approximate surface area is 155 Å². The Kier molecular flexibility index (Phi) is 7.64. The molecule has 1 aliphatic heterocycles. The lowest BCUT2D eigenvalue weighted by atomic mass is 10.1. The first-order chi connectivity index (χ1) is 12.0. The van der Waals surface area contributed by atoms with E-state index >= 15 is 0 Å². The first-order valence-corrected chi connectivity index (χ1v) is 9.24. The Morgan fingerprint density at radius 2 is 1.92 bits per heavy atom. The second-order valence-electron chi connectivity index (χ2n) is 5.93. The molecule has 1 heterocycles. The second-order valence-corrected chi connectivity index (χ2v) is 6.85. The lowest BCUT2D eigenvalue weighted by Crippen LogP contribution is -2.53. The number of benzene rings is 1. The van der Waals surface area contributed by atoms with Crippen molar-refractivity contribution >= 4 is 27.9 Å². The number of carbonyl (C=O) groups is 2. The summed E-state index contributed by atoms with van der Waals surface area (Å²) in [4.78, 5) is 27.5. The number of piperazine rings is 1. The Morgan fingerprint density at radius 1 is 1.20 bits per heavy atom. The molecule has 2 N–H and O–H groups in total. The van der Waals surface area contributed by atoms with Crippen molar-refractivity contribution in [1.29, 1.82) is 0 Å². The fraction of sp³-hybridized carbons (Fsp3) is 0.529. The molecule has 6 nitrogen and oxygen atoms in total. The van der Waals surface area contributed by atoms with E-state index in [2.05, 4.69) is 26.6 Å². The monoisotopic (exact) mass is 414 g/mol. The van der Waals surface area contributed by atoms with Crippen LogP contribution >= 0.6 is 15.9 Å². The van der Waals surface area contributed by atoms with E-state index in [4.69, 9.17) is 0 Å². The van der Waals surface area contributed by atoms with Crippen molar-refractivity contribution in [3.05, 3.63) is 34.1 Å². The van der Waals surface area contributed by atoms with Crippen LogP contribution in [0.1, 0.15) is 12.5 Å². The van der Waals surface area contributed by atoms with Crippen LogP contribution in [0.15, 0.2) is 22.7 Å². The number of rotatable bonds is 6. The molecule has 1 aromatic rings. The molecule has 1 aliphatic rings. The van der Waals surface area contributed by atoms with Gasteiger partial charge in [0.05, 0.1) is 6.54 Å². The lowest BCUT2D eigenvalue weighted by molar-refractivity contribution is -0.122. The highest BCUT2D eigenvalue weighted by Crippen LogP contribution is 2.15. The fourth-order valence-corrected chi connectivity index (χ4v) is 3.12. The molecule has 138 valence electrons. The molecule has 1 saturated heterocycles. The Bertz CT molecular complexity index is 606. The number of halogens is 2. The molecule has 8 heteroatoms. The van der Waals surface area contributed by atoms with Crippen molar-refractivity contribution < 1.29 is 14.0 Å². The average Bonchev–Trinajstić information content (AvgIpc) is 2.58. The summed E-state index contributed by atoms with van der Waals surface area (Å²) in [5.41, 5.74) is 0.571. The highest BCUT2D eigenvalue weighted by Gasteiger charge is 2.22. The molecule has 0 bridgehead atoms. The fourth-order valence-electron chi connectivity index (χ4n) is 2.72. The van der Waals surface area contributed by atoms with E-state index in [1.807, 2.05) is 11.8 Å². The van der Waals surface area contributed by atoms with Gasteiger partial charge in [-0.05, 0) is 37.1 Å². The summed E-state index contributed by atoms with van der Waals surface area (Å²) in [6.07, 6.45) is 0.439. The predicted octanol–water partition coefficient (Wildman–Crippen LogP) is 1.59. The number of nitrogens with one attached hydrogen (secondary N) is 2. The van der Waals surface area contributed by atoms with Crippen LogP contribution in [0.25, 0.3) is 0 Å². The number of amides is 3. The SMILES string of the molecule is CCNC(=O)CN1CCN(C(=O)NCCc2cc(Br)ccc2F)CC1. The minimum atomic E-state index is -0.267. The number of hydrogen-bond acceptors (Lipinski definition) is 3. The van der Waals surface area contributed by atoms with Gasteiger partial charge in [-0.2, -0.15) is 0 Å². The van der Waals surface area contributed by atoms with Crippen LogP contribution in [0.3, 0.4) is 0 Å². The third kappa shape index (κ3) is 6.28. The highest BCUT2D eigenvalue weighted by molar-refractivity contribution is 9.10. The Morgan fingerprint density at radius 3 is 2.60 bits per heavy atom. The molecule has 3 amide bonds. The lowest BCUT2D eigenvalue weighted by Gasteiger charge is -2.34. The van der Waals surface area contributed by atoms with Gasteiger partial charge in [0.1, 0.15) is 5.82 Å². The van der Waals surface area contributed by atoms with Gasteiger partial charge in [0, 0.05) is 43.7 Å². The zero-order valence-electron chi connectivity index (χ0n) is 14.4.